The van der Waals surface area contributed by atoms with E-state index >= 15 is 0 Å². The number of methoxy groups -OCH3 is 1. The molecule has 0 aliphatic heterocycles. The summed E-state index contributed by atoms with van der Waals surface area (Å²) in [6.45, 7) is -1.46. The largest absolute Gasteiger partial charge is 0.468 e. The SMILES string of the molecule is COC(=O)c1cccc(Nc2nc(N)nc(-c3noc(-c4ccc(OCC(F)(F)F)nc4)n3)n2)c1. The number of ether oxygens (including phenoxy) is 2. The summed E-state index contributed by atoms with van der Waals surface area (Å²) in [5, 5.41) is 6.70. The molecule has 3 N–H and O–H groups in total. The molecular formula is C20H15F3N8O4. The summed E-state index contributed by atoms with van der Waals surface area (Å²) in [6.07, 6.45) is -3.27. The van der Waals surface area contributed by atoms with E-state index in [1.807, 2.05) is 0 Å². The summed E-state index contributed by atoms with van der Waals surface area (Å²) in [7, 11) is 1.27. The third-order valence-corrected chi connectivity index (χ3v) is 4.19. The normalized spacial score (nSPS) is 11.2. The first-order valence-corrected chi connectivity index (χ1v) is 9.67. The van der Waals surface area contributed by atoms with Crippen LogP contribution in [0.15, 0.2) is 47.1 Å². The van der Waals surface area contributed by atoms with Crippen molar-refractivity contribution in [1.82, 2.24) is 30.1 Å². The smallest absolute Gasteiger partial charge is 0.422 e. The lowest BCUT2D eigenvalue weighted by molar-refractivity contribution is -0.154. The molecule has 0 saturated heterocycles. The molecule has 3 heterocycles. The molecule has 0 aliphatic rings. The molecular weight excluding hydrogens is 473 g/mol. The van der Waals surface area contributed by atoms with E-state index in [4.69, 9.17) is 15.0 Å². The number of aromatic nitrogens is 6. The topological polar surface area (TPSA) is 164 Å². The fourth-order valence-corrected chi connectivity index (χ4v) is 2.70. The van der Waals surface area contributed by atoms with Gasteiger partial charge in [-0.05, 0) is 24.3 Å². The highest BCUT2D eigenvalue weighted by molar-refractivity contribution is 5.90. The number of rotatable bonds is 7. The molecule has 12 nitrogen and oxygen atoms in total. The number of nitrogens with two attached hydrogens (primary N) is 1. The van der Waals surface area contributed by atoms with Crippen molar-refractivity contribution >= 4 is 23.6 Å². The van der Waals surface area contributed by atoms with Gasteiger partial charge in [-0.15, -0.1) is 0 Å². The van der Waals surface area contributed by atoms with Crippen LogP contribution in [-0.4, -0.2) is 55.9 Å². The highest BCUT2D eigenvalue weighted by Gasteiger charge is 2.28. The Morgan fingerprint density at radius 1 is 1.11 bits per heavy atom. The third-order valence-electron chi connectivity index (χ3n) is 4.19. The molecule has 0 bridgehead atoms. The van der Waals surface area contributed by atoms with Gasteiger partial charge in [-0.25, -0.2) is 9.78 Å². The highest BCUT2D eigenvalue weighted by atomic mass is 19.4. The van der Waals surface area contributed by atoms with Crippen LogP contribution in [0, 0.1) is 0 Å². The molecule has 0 fully saturated rings. The van der Waals surface area contributed by atoms with Crippen molar-refractivity contribution < 1.29 is 32.0 Å². The zero-order valence-electron chi connectivity index (χ0n) is 17.8. The number of nitrogens with one attached hydrogen (secondary N) is 1. The molecule has 3 aromatic heterocycles. The summed E-state index contributed by atoms with van der Waals surface area (Å²) in [6, 6.07) is 9.06. The predicted octanol–water partition coefficient (Wildman–Crippen LogP) is 3.04. The Hall–Kier alpha value is -4.82. The zero-order chi connectivity index (χ0) is 25.0. The molecule has 0 atom stereocenters. The van der Waals surface area contributed by atoms with Gasteiger partial charge in [-0.1, -0.05) is 11.2 Å². The number of hydrogen-bond donors (Lipinski definition) is 2. The van der Waals surface area contributed by atoms with Gasteiger partial charge in [0.1, 0.15) is 0 Å². The highest BCUT2D eigenvalue weighted by Crippen LogP contribution is 2.24. The maximum Gasteiger partial charge on any atom is 0.422 e. The molecule has 35 heavy (non-hydrogen) atoms. The van der Waals surface area contributed by atoms with Crippen LogP contribution in [0.5, 0.6) is 5.88 Å². The van der Waals surface area contributed by atoms with E-state index in [-0.39, 0.29) is 35.3 Å². The van der Waals surface area contributed by atoms with Gasteiger partial charge in [0.05, 0.1) is 18.2 Å². The van der Waals surface area contributed by atoms with Crippen LogP contribution in [0.4, 0.5) is 30.8 Å². The van der Waals surface area contributed by atoms with Crippen LogP contribution < -0.4 is 15.8 Å². The molecule has 0 amide bonds. The van der Waals surface area contributed by atoms with Crippen molar-refractivity contribution in [3.8, 4) is 29.0 Å². The van der Waals surface area contributed by atoms with Crippen molar-refractivity contribution in [2.24, 2.45) is 0 Å². The molecule has 0 spiro atoms. The predicted molar refractivity (Wildman–Crippen MR) is 113 cm³/mol. The minimum atomic E-state index is -4.48. The van der Waals surface area contributed by atoms with E-state index in [0.29, 0.717) is 16.8 Å². The number of esters is 1. The number of hydrogen-bond acceptors (Lipinski definition) is 12. The Morgan fingerprint density at radius 3 is 2.66 bits per heavy atom. The van der Waals surface area contributed by atoms with Crippen molar-refractivity contribution in [1.29, 1.82) is 0 Å². The molecule has 0 aliphatic carbocycles. The van der Waals surface area contributed by atoms with Gasteiger partial charge in [0.15, 0.2) is 6.61 Å². The van der Waals surface area contributed by atoms with E-state index in [1.165, 1.54) is 31.5 Å². The molecule has 180 valence electrons. The molecule has 4 rings (SSSR count). The molecule has 1 aromatic carbocycles. The van der Waals surface area contributed by atoms with Crippen LogP contribution in [0.25, 0.3) is 23.1 Å². The van der Waals surface area contributed by atoms with Crippen LogP contribution in [0.2, 0.25) is 0 Å². The number of benzene rings is 1. The van der Waals surface area contributed by atoms with Crippen molar-refractivity contribution in [2.45, 2.75) is 6.18 Å². The number of carbonyl (C=O) groups is 1. The Labute approximate surface area is 194 Å². The van der Waals surface area contributed by atoms with Gasteiger partial charge in [-0.2, -0.15) is 33.1 Å². The lowest BCUT2D eigenvalue weighted by Gasteiger charge is -2.07. The summed E-state index contributed by atoms with van der Waals surface area (Å²) in [4.78, 5) is 31.9. The minimum Gasteiger partial charge on any atom is -0.468 e. The van der Waals surface area contributed by atoms with E-state index in [1.54, 1.807) is 18.2 Å². The van der Waals surface area contributed by atoms with Crippen molar-refractivity contribution in [2.75, 3.05) is 24.8 Å². The third kappa shape index (κ3) is 5.95. The molecule has 4 aromatic rings. The monoisotopic (exact) mass is 488 g/mol. The Balaban J connectivity index is 1.52. The summed E-state index contributed by atoms with van der Waals surface area (Å²) in [5.74, 6) is -0.861. The maximum atomic E-state index is 12.3. The fraction of sp³-hybridized carbons (Fsp3) is 0.150. The molecule has 0 saturated carbocycles. The summed E-state index contributed by atoms with van der Waals surface area (Å²) >= 11 is 0. The Kier molecular flexibility index (Phi) is 6.39. The van der Waals surface area contributed by atoms with Gasteiger partial charge >= 0.3 is 12.1 Å². The van der Waals surface area contributed by atoms with Crippen LogP contribution >= 0.6 is 0 Å². The first kappa shape index (κ1) is 23.3. The molecule has 0 unspecified atom stereocenters. The average Bonchev–Trinajstić information content (AvgIpc) is 3.32. The number of carbonyl (C=O) groups excluding carboxylic acids is 1. The number of halogens is 3. The summed E-state index contributed by atoms with van der Waals surface area (Å²) < 4.78 is 51.2. The zero-order valence-corrected chi connectivity index (χ0v) is 17.8. The second-order valence-corrected chi connectivity index (χ2v) is 6.75. The standard InChI is InChI=1S/C20H15F3N8O4/c1-33-17(32)10-3-2-4-12(7-10)26-19-29-14(28-18(24)30-19)15-27-16(35-31-15)11-5-6-13(25-8-11)34-9-20(21,22)23/h2-8H,9H2,1H3,(H3,24,26,28,29,30). The van der Waals surface area contributed by atoms with Crippen molar-refractivity contribution in [3.05, 3.63) is 48.2 Å². The molecule has 0 radical (unpaired) electrons. The lowest BCUT2D eigenvalue weighted by Crippen LogP contribution is -2.19. The Morgan fingerprint density at radius 2 is 1.94 bits per heavy atom. The van der Waals surface area contributed by atoms with Gasteiger partial charge in [0, 0.05) is 18.0 Å². The van der Waals surface area contributed by atoms with E-state index in [9.17, 15) is 18.0 Å². The number of anilines is 3. The van der Waals surface area contributed by atoms with E-state index in [2.05, 4.69) is 40.1 Å². The van der Waals surface area contributed by atoms with Gasteiger partial charge < -0.3 is 25.0 Å². The van der Waals surface area contributed by atoms with Crippen molar-refractivity contribution in [3.63, 3.8) is 0 Å². The molecule has 15 heteroatoms. The van der Waals surface area contributed by atoms with Gasteiger partial charge in [0.25, 0.3) is 5.89 Å². The Bertz CT molecular complexity index is 1340. The van der Waals surface area contributed by atoms with Crippen LogP contribution in [0.3, 0.4) is 0 Å². The number of alkyl halides is 3. The number of nitrogens with zero attached hydrogens (tertiary/aromatic N) is 6. The van der Waals surface area contributed by atoms with E-state index < -0.39 is 18.8 Å². The second-order valence-electron chi connectivity index (χ2n) is 6.75. The fourth-order valence-electron chi connectivity index (χ4n) is 2.70. The number of nitrogen functional groups attached to an aromatic ring is 1. The first-order chi connectivity index (χ1) is 16.7. The van der Waals surface area contributed by atoms with Gasteiger partial charge in [0.2, 0.25) is 29.4 Å². The lowest BCUT2D eigenvalue weighted by atomic mass is 10.2. The quantitative estimate of drug-likeness (QED) is 0.366. The second kappa shape index (κ2) is 9.58. The van der Waals surface area contributed by atoms with Crippen LogP contribution in [-0.2, 0) is 4.74 Å². The average molecular weight is 488 g/mol. The van der Waals surface area contributed by atoms with Crippen LogP contribution in [0.1, 0.15) is 10.4 Å². The number of pyridine rings is 1. The minimum absolute atomic E-state index is 0.00847. The van der Waals surface area contributed by atoms with Gasteiger partial charge in [-0.3, -0.25) is 0 Å². The first-order valence-electron chi connectivity index (χ1n) is 9.67. The maximum absolute atomic E-state index is 12.3. The summed E-state index contributed by atoms with van der Waals surface area (Å²) in [5.41, 5.74) is 6.89. The van der Waals surface area contributed by atoms with E-state index in [0.717, 1.165) is 0 Å².